The second kappa shape index (κ2) is 7.79. The van der Waals surface area contributed by atoms with E-state index in [0.717, 1.165) is 24.1 Å². The molecule has 126 valence electrons. The second-order valence-corrected chi connectivity index (χ2v) is 5.89. The molecule has 0 aliphatic heterocycles. The average Bonchev–Trinajstić information content (AvgIpc) is 3.11. The molecule has 2 atom stereocenters. The topological polar surface area (TPSA) is 76.4 Å². The zero-order valence-electron chi connectivity index (χ0n) is 13.3. The van der Waals surface area contributed by atoms with Gasteiger partial charge in [-0.3, -0.25) is 0 Å². The molecule has 0 spiro atoms. The summed E-state index contributed by atoms with van der Waals surface area (Å²) in [5.74, 6) is 0.217. The molecule has 1 aliphatic rings. The normalized spacial score (nSPS) is 20.4. The van der Waals surface area contributed by atoms with Gasteiger partial charge in [-0.25, -0.2) is 9.78 Å². The van der Waals surface area contributed by atoms with Crippen LogP contribution in [0.3, 0.4) is 0 Å². The van der Waals surface area contributed by atoms with E-state index in [4.69, 9.17) is 9.84 Å². The van der Waals surface area contributed by atoms with Crippen molar-refractivity contribution in [2.75, 3.05) is 6.61 Å². The molecule has 1 aromatic heterocycles. The number of rotatable bonds is 6. The molecule has 6 heteroatoms. The number of hydrogen-bond acceptors (Lipinski definition) is 3. The summed E-state index contributed by atoms with van der Waals surface area (Å²) in [4.78, 5) is 15.0. The Morgan fingerprint density at radius 3 is 2.88 bits per heavy atom. The zero-order chi connectivity index (χ0) is 16.8. The number of amides is 1. The molecule has 0 bridgehead atoms. The Bertz CT molecular complexity index is 683. The van der Waals surface area contributed by atoms with Crippen molar-refractivity contribution in [3.05, 3.63) is 60.7 Å². The standard InChI is InChI=1S/C18H21N3O3/c22-18(23)20-16-7-6-15(17(10-16)21-9-8-19-13-21)12-24-11-14-4-2-1-3-5-14/h1-5,8-10,13,15-16,20H,6-7,11-12H2,(H,22,23). The van der Waals surface area contributed by atoms with Crippen LogP contribution in [-0.4, -0.2) is 33.4 Å². The van der Waals surface area contributed by atoms with Crippen molar-refractivity contribution in [3.63, 3.8) is 0 Å². The minimum atomic E-state index is -1.000. The Morgan fingerprint density at radius 1 is 1.33 bits per heavy atom. The third-order valence-corrected chi connectivity index (χ3v) is 4.16. The van der Waals surface area contributed by atoms with Crippen LogP contribution in [0.15, 0.2) is 55.1 Å². The molecule has 0 saturated heterocycles. The van der Waals surface area contributed by atoms with Crippen molar-refractivity contribution in [1.29, 1.82) is 0 Å². The largest absolute Gasteiger partial charge is 0.465 e. The highest BCUT2D eigenvalue weighted by atomic mass is 16.5. The summed E-state index contributed by atoms with van der Waals surface area (Å²) in [5.41, 5.74) is 2.18. The molecule has 2 N–H and O–H groups in total. The Kier molecular flexibility index (Phi) is 5.28. The lowest BCUT2D eigenvalue weighted by atomic mass is 9.90. The minimum absolute atomic E-state index is 0.176. The minimum Gasteiger partial charge on any atom is -0.465 e. The number of aromatic nitrogens is 2. The fourth-order valence-electron chi connectivity index (χ4n) is 3.00. The fourth-order valence-corrected chi connectivity index (χ4v) is 3.00. The molecule has 3 rings (SSSR count). The lowest BCUT2D eigenvalue weighted by Crippen LogP contribution is -2.36. The Hall–Kier alpha value is -2.60. The predicted molar refractivity (Wildman–Crippen MR) is 90.3 cm³/mol. The van der Waals surface area contributed by atoms with Crippen molar-refractivity contribution in [1.82, 2.24) is 14.9 Å². The first-order chi connectivity index (χ1) is 11.7. The highest BCUT2D eigenvalue weighted by molar-refractivity contribution is 5.66. The third-order valence-electron chi connectivity index (χ3n) is 4.16. The Balaban J connectivity index is 1.66. The number of hydrogen-bond donors (Lipinski definition) is 2. The van der Waals surface area contributed by atoms with Gasteiger partial charge < -0.3 is 19.7 Å². The lowest BCUT2D eigenvalue weighted by molar-refractivity contribution is 0.0958. The van der Waals surface area contributed by atoms with Crippen molar-refractivity contribution in [3.8, 4) is 0 Å². The van der Waals surface area contributed by atoms with Gasteiger partial charge in [0, 0.05) is 24.0 Å². The summed E-state index contributed by atoms with van der Waals surface area (Å²) in [5, 5.41) is 11.5. The van der Waals surface area contributed by atoms with E-state index in [1.165, 1.54) is 0 Å². The highest BCUT2D eigenvalue weighted by Crippen LogP contribution is 2.29. The first-order valence-electron chi connectivity index (χ1n) is 8.03. The fraction of sp³-hybridized carbons (Fsp3) is 0.333. The summed E-state index contributed by atoms with van der Waals surface area (Å²) >= 11 is 0. The molecule has 1 heterocycles. The van der Waals surface area contributed by atoms with Crippen LogP contribution in [0, 0.1) is 5.92 Å². The smallest absolute Gasteiger partial charge is 0.405 e. The summed E-state index contributed by atoms with van der Waals surface area (Å²) in [6.45, 7) is 1.17. The van der Waals surface area contributed by atoms with Crippen LogP contribution < -0.4 is 5.32 Å². The molecule has 24 heavy (non-hydrogen) atoms. The number of imidazole rings is 1. The molecular weight excluding hydrogens is 306 g/mol. The van der Waals surface area contributed by atoms with E-state index >= 15 is 0 Å². The molecule has 2 unspecified atom stereocenters. The quantitative estimate of drug-likeness (QED) is 0.855. The van der Waals surface area contributed by atoms with Crippen molar-refractivity contribution in [2.24, 2.45) is 5.92 Å². The number of benzene rings is 1. The molecule has 0 fully saturated rings. The van der Waals surface area contributed by atoms with E-state index in [9.17, 15) is 4.79 Å². The van der Waals surface area contributed by atoms with Gasteiger partial charge in [-0.1, -0.05) is 30.3 Å². The van der Waals surface area contributed by atoms with Gasteiger partial charge in [-0.15, -0.1) is 0 Å². The van der Waals surface area contributed by atoms with E-state index < -0.39 is 6.09 Å². The van der Waals surface area contributed by atoms with Crippen molar-refractivity contribution < 1.29 is 14.6 Å². The van der Waals surface area contributed by atoms with Gasteiger partial charge in [0.2, 0.25) is 0 Å². The molecule has 6 nitrogen and oxygen atoms in total. The second-order valence-electron chi connectivity index (χ2n) is 5.89. The van der Waals surface area contributed by atoms with E-state index in [2.05, 4.69) is 10.3 Å². The molecular formula is C18H21N3O3. The van der Waals surface area contributed by atoms with Gasteiger partial charge >= 0.3 is 6.09 Å². The van der Waals surface area contributed by atoms with Crippen LogP contribution in [0.5, 0.6) is 0 Å². The number of carboxylic acid groups (broad SMARTS) is 1. The first-order valence-corrected chi connectivity index (χ1v) is 8.03. The summed E-state index contributed by atoms with van der Waals surface area (Å²) in [7, 11) is 0. The van der Waals surface area contributed by atoms with Crippen LogP contribution in [0.25, 0.3) is 5.70 Å². The van der Waals surface area contributed by atoms with Crippen LogP contribution >= 0.6 is 0 Å². The van der Waals surface area contributed by atoms with Gasteiger partial charge in [-0.05, 0) is 24.5 Å². The molecule has 1 aromatic carbocycles. The summed E-state index contributed by atoms with van der Waals surface area (Å²) in [6, 6.07) is 9.89. The van der Waals surface area contributed by atoms with E-state index in [1.807, 2.05) is 47.2 Å². The van der Waals surface area contributed by atoms with E-state index in [1.54, 1.807) is 12.5 Å². The number of nitrogens with one attached hydrogen (secondary N) is 1. The molecule has 1 amide bonds. The van der Waals surface area contributed by atoms with Crippen LogP contribution in [0.2, 0.25) is 0 Å². The molecule has 2 aromatic rings. The maximum Gasteiger partial charge on any atom is 0.405 e. The number of nitrogens with zero attached hydrogens (tertiary/aromatic N) is 2. The van der Waals surface area contributed by atoms with E-state index in [-0.39, 0.29) is 12.0 Å². The van der Waals surface area contributed by atoms with Gasteiger partial charge in [0.05, 0.1) is 25.6 Å². The Morgan fingerprint density at radius 2 is 2.17 bits per heavy atom. The zero-order valence-corrected chi connectivity index (χ0v) is 13.3. The first kappa shape index (κ1) is 16.3. The summed E-state index contributed by atoms with van der Waals surface area (Å²) < 4.78 is 7.83. The lowest BCUT2D eigenvalue weighted by Gasteiger charge is -2.29. The van der Waals surface area contributed by atoms with Crippen molar-refractivity contribution in [2.45, 2.75) is 25.5 Å². The summed E-state index contributed by atoms with van der Waals surface area (Å²) in [6.07, 6.45) is 7.93. The van der Waals surface area contributed by atoms with Gasteiger partial charge in [0.25, 0.3) is 0 Å². The average molecular weight is 327 g/mol. The predicted octanol–water partition coefficient (Wildman–Crippen LogP) is 2.99. The van der Waals surface area contributed by atoms with E-state index in [0.29, 0.717) is 13.2 Å². The van der Waals surface area contributed by atoms with Crippen LogP contribution in [0.4, 0.5) is 4.79 Å². The maximum absolute atomic E-state index is 10.9. The molecule has 0 saturated carbocycles. The third kappa shape index (κ3) is 4.23. The molecule has 1 aliphatic carbocycles. The van der Waals surface area contributed by atoms with Crippen LogP contribution in [0.1, 0.15) is 18.4 Å². The van der Waals surface area contributed by atoms with Crippen molar-refractivity contribution >= 4 is 11.8 Å². The Labute approximate surface area is 140 Å². The monoisotopic (exact) mass is 327 g/mol. The maximum atomic E-state index is 10.9. The molecule has 0 radical (unpaired) electrons. The number of carbonyl (C=O) groups is 1. The SMILES string of the molecule is O=C(O)NC1C=C(n2ccnc2)C(COCc2ccccc2)CC1. The van der Waals surface area contributed by atoms with Gasteiger partial charge in [0.1, 0.15) is 0 Å². The van der Waals surface area contributed by atoms with Gasteiger partial charge in [0.15, 0.2) is 0 Å². The van der Waals surface area contributed by atoms with Gasteiger partial charge in [-0.2, -0.15) is 0 Å². The highest BCUT2D eigenvalue weighted by Gasteiger charge is 2.25. The van der Waals surface area contributed by atoms with Crippen LogP contribution in [-0.2, 0) is 11.3 Å². The number of ether oxygens (including phenoxy) is 1.